The molecule has 8 rings (SSSR count). The number of hydrogen-bond acceptors (Lipinski definition) is 18. The Labute approximate surface area is 368 Å². The fourth-order valence-corrected chi connectivity index (χ4v) is 13.4. The molecule has 63 heavy (non-hydrogen) atoms. The minimum atomic E-state index is -1.64. The fraction of sp³-hybridized carbons (Fsp3) is 0.911. The van der Waals surface area contributed by atoms with Crippen molar-refractivity contribution in [3.8, 4) is 0 Å². The minimum absolute atomic E-state index is 0.0178. The van der Waals surface area contributed by atoms with Gasteiger partial charge in [0.25, 0.3) is 0 Å². The summed E-state index contributed by atoms with van der Waals surface area (Å²) in [7, 11) is 1.68. The number of allylic oxidation sites excluding steroid dienone is 1. The van der Waals surface area contributed by atoms with Crippen LogP contribution in [0, 0.1) is 40.4 Å². The molecule has 4 saturated heterocycles. The Bertz CT molecular complexity index is 1650. The van der Waals surface area contributed by atoms with E-state index in [1.165, 1.54) is 6.92 Å². The Kier molecular flexibility index (Phi) is 14.0. The van der Waals surface area contributed by atoms with Gasteiger partial charge < -0.3 is 89.0 Å². The highest BCUT2D eigenvalue weighted by Gasteiger charge is 2.69. The van der Waals surface area contributed by atoms with Gasteiger partial charge >= 0.3 is 0 Å². The van der Waals surface area contributed by atoms with Crippen LogP contribution in [0.3, 0.4) is 0 Å². The number of methoxy groups -OCH3 is 1. The molecule has 0 aromatic heterocycles. The van der Waals surface area contributed by atoms with Crippen molar-refractivity contribution in [3.63, 3.8) is 0 Å². The van der Waals surface area contributed by atoms with E-state index in [0.717, 1.165) is 31.3 Å². The van der Waals surface area contributed by atoms with Crippen molar-refractivity contribution >= 4 is 0 Å². The zero-order valence-corrected chi connectivity index (χ0v) is 37.0. The molecule has 0 bridgehead atoms. The summed E-state index contributed by atoms with van der Waals surface area (Å²) in [6.07, 6.45) is -12.4. The average molecular weight is 901 g/mol. The molecular weight excluding hydrogens is 828 g/mol. The van der Waals surface area contributed by atoms with Crippen LogP contribution in [0.25, 0.3) is 0 Å². The van der Waals surface area contributed by atoms with Crippen LogP contribution in [-0.4, -0.2) is 188 Å². The summed E-state index contributed by atoms with van der Waals surface area (Å²) >= 11 is 0. The predicted molar refractivity (Wildman–Crippen MR) is 218 cm³/mol. The first-order chi connectivity index (χ1) is 29.8. The molecule has 0 aromatic rings. The van der Waals surface area contributed by atoms with Crippen molar-refractivity contribution < 1.29 is 89.0 Å². The SMILES string of the molecule is C=C(CC[C@@]1(OC)O[C@H]2C[C@H]3[C@@H]4CC=C5C[C@@H](O[C@@H]6OC[C@H](O)[C@H](O)[C@H]6O[C@@H]6O[C@@H](C)[C@H](O)[C@@H](O)[C@H]6O)C[C@@H](O)[C@]5(C)[C@H]4CC[C@]3(C)[C@H]2[C@@H]1C)CO[C@@H]1O[C@H](CO)[C@@H](O)[C@H](O)[C@H]1O. The van der Waals surface area contributed by atoms with E-state index in [4.69, 9.17) is 37.9 Å². The second-order valence-electron chi connectivity index (χ2n) is 20.4. The molecule has 4 heterocycles. The second kappa shape index (κ2) is 18.3. The summed E-state index contributed by atoms with van der Waals surface area (Å²) in [5.74, 6) is 0.374. The molecule has 8 aliphatic rings. The third-order valence-electron chi connectivity index (χ3n) is 17.2. The third kappa shape index (κ3) is 8.22. The molecular formula is C45H72O18. The van der Waals surface area contributed by atoms with Gasteiger partial charge in [-0.1, -0.05) is 44.6 Å². The second-order valence-corrected chi connectivity index (χ2v) is 20.4. The van der Waals surface area contributed by atoms with Gasteiger partial charge in [0.15, 0.2) is 24.7 Å². The molecule has 7 fully saturated rings. The number of rotatable bonds is 12. The molecule has 18 heteroatoms. The first kappa shape index (κ1) is 48.2. The maximum absolute atomic E-state index is 12.1. The molecule has 0 spiro atoms. The van der Waals surface area contributed by atoms with Gasteiger partial charge in [0.05, 0.1) is 44.2 Å². The quantitative estimate of drug-likeness (QED) is 0.109. The van der Waals surface area contributed by atoms with E-state index in [-0.39, 0.29) is 42.5 Å². The normalized spacial score (nSPS) is 54.4. The zero-order chi connectivity index (χ0) is 45.5. The highest BCUT2D eigenvalue weighted by atomic mass is 16.8. The molecule has 4 aliphatic heterocycles. The molecule has 0 amide bonds. The van der Waals surface area contributed by atoms with Crippen LogP contribution in [0.15, 0.2) is 23.8 Å². The van der Waals surface area contributed by atoms with Crippen LogP contribution in [0.2, 0.25) is 0 Å². The lowest BCUT2D eigenvalue weighted by atomic mass is 9.46. The predicted octanol–water partition coefficient (Wildman–Crippen LogP) is -0.647. The Hall–Kier alpha value is -1.24. The van der Waals surface area contributed by atoms with Crippen molar-refractivity contribution in [2.75, 3.05) is 26.9 Å². The van der Waals surface area contributed by atoms with Crippen molar-refractivity contribution in [3.05, 3.63) is 23.8 Å². The molecule has 18 nitrogen and oxygen atoms in total. The maximum Gasteiger partial charge on any atom is 0.187 e. The van der Waals surface area contributed by atoms with Gasteiger partial charge in [0.2, 0.25) is 0 Å². The Morgan fingerprint density at radius 3 is 2.27 bits per heavy atom. The lowest BCUT2D eigenvalue weighted by molar-refractivity contribution is -0.358. The van der Waals surface area contributed by atoms with Crippen LogP contribution >= 0.6 is 0 Å². The van der Waals surface area contributed by atoms with Gasteiger partial charge in [-0.05, 0) is 74.5 Å². The minimum Gasteiger partial charge on any atom is -0.394 e. The number of fused-ring (bicyclic) bond motifs is 7. The van der Waals surface area contributed by atoms with Crippen LogP contribution < -0.4 is 0 Å². The van der Waals surface area contributed by atoms with E-state index < -0.39 is 116 Å². The number of ether oxygens (including phenoxy) is 8. The lowest BCUT2D eigenvalue weighted by Gasteiger charge is -2.60. The molecule has 10 N–H and O–H groups in total. The van der Waals surface area contributed by atoms with E-state index in [9.17, 15) is 51.1 Å². The van der Waals surface area contributed by atoms with Gasteiger partial charge in [0, 0.05) is 31.3 Å². The third-order valence-corrected chi connectivity index (χ3v) is 17.2. The standard InChI is InChI=1S/C45H72O18/c1-19(17-57-40-37(54)36(53)34(51)29(16-46)61-40)9-12-45(56-6)20(2)31-28(63-45)15-26-24-8-7-22-13-23(14-30(48)44(22,5)25(24)10-11-43(26,31)4)60-42-39(33(50)27(47)18-58-42)62-41-38(55)35(52)32(49)21(3)59-41/h7,20-21,23-42,46-55H,1,8-18H2,2-6H3/t20-,21-,23+,24+,25-,26-,27-,28-,29+,30+,31-,32-,33-,34+,35+,36-,37+,38+,39+,40+,41-,42-,43-,44-,45+/m0/s1. The molecule has 3 saturated carbocycles. The van der Waals surface area contributed by atoms with Gasteiger partial charge in [-0.25, -0.2) is 0 Å². The van der Waals surface area contributed by atoms with E-state index >= 15 is 0 Å². The van der Waals surface area contributed by atoms with Crippen molar-refractivity contribution in [1.82, 2.24) is 0 Å². The summed E-state index contributed by atoms with van der Waals surface area (Å²) in [5.41, 5.74) is 1.31. The Balaban J connectivity index is 0.899. The first-order valence-corrected chi connectivity index (χ1v) is 23.0. The maximum atomic E-state index is 12.1. The van der Waals surface area contributed by atoms with Crippen LogP contribution in [0.1, 0.15) is 79.1 Å². The lowest BCUT2D eigenvalue weighted by Crippen LogP contribution is -2.62. The Morgan fingerprint density at radius 1 is 0.841 bits per heavy atom. The summed E-state index contributed by atoms with van der Waals surface area (Å²) < 4.78 is 48.3. The topological polar surface area (TPSA) is 276 Å². The van der Waals surface area contributed by atoms with E-state index in [1.54, 1.807) is 7.11 Å². The van der Waals surface area contributed by atoms with Crippen LogP contribution in [0.4, 0.5) is 0 Å². The molecule has 0 unspecified atom stereocenters. The highest BCUT2D eigenvalue weighted by molar-refractivity contribution is 5.28. The van der Waals surface area contributed by atoms with Gasteiger partial charge in [0.1, 0.15) is 61.0 Å². The van der Waals surface area contributed by atoms with Crippen LogP contribution in [-0.2, 0) is 37.9 Å². The monoisotopic (exact) mass is 900 g/mol. The molecule has 360 valence electrons. The van der Waals surface area contributed by atoms with E-state index in [0.29, 0.717) is 43.1 Å². The molecule has 4 aliphatic carbocycles. The summed E-state index contributed by atoms with van der Waals surface area (Å²) in [5, 5.41) is 105. The number of hydrogen-bond donors (Lipinski definition) is 10. The molecule has 0 radical (unpaired) electrons. The van der Waals surface area contributed by atoms with Gasteiger partial charge in [-0.2, -0.15) is 0 Å². The van der Waals surface area contributed by atoms with Gasteiger partial charge in [-0.3, -0.25) is 0 Å². The Morgan fingerprint density at radius 2 is 1.56 bits per heavy atom. The first-order valence-electron chi connectivity index (χ1n) is 23.0. The smallest absolute Gasteiger partial charge is 0.187 e. The number of aliphatic hydroxyl groups is 10. The highest BCUT2D eigenvalue weighted by Crippen LogP contribution is 2.70. The number of aliphatic hydroxyl groups excluding tert-OH is 10. The van der Waals surface area contributed by atoms with Gasteiger partial charge in [-0.15, -0.1) is 0 Å². The largest absolute Gasteiger partial charge is 0.394 e. The van der Waals surface area contributed by atoms with Crippen molar-refractivity contribution in [2.45, 2.75) is 189 Å². The average Bonchev–Trinajstić information content (AvgIpc) is 3.72. The van der Waals surface area contributed by atoms with Crippen molar-refractivity contribution in [1.29, 1.82) is 0 Å². The molecule has 25 atom stereocenters. The summed E-state index contributed by atoms with van der Waals surface area (Å²) in [6, 6.07) is 0. The van der Waals surface area contributed by atoms with E-state index in [2.05, 4.69) is 33.4 Å². The zero-order valence-electron chi connectivity index (χ0n) is 37.0. The van der Waals surface area contributed by atoms with Crippen LogP contribution in [0.5, 0.6) is 0 Å². The fourth-order valence-electron chi connectivity index (χ4n) is 13.4. The summed E-state index contributed by atoms with van der Waals surface area (Å²) in [4.78, 5) is 0. The van der Waals surface area contributed by atoms with E-state index in [1.807, 2.05) is 0 Å². The molecule has 0 aromatic carbocycles. The summed E-state index contributed by atoms with van der Waals surface area (Å²) in [6.45, 7) is 11.8. The van der Waals surface area contributed by atoms with Crippen molar-refractivity contribution in [2.24, 2.45) is 40.4 Å².